The second kappa shape index (κ2) is 9.41. The average molecular weight is 500 g/mol. The molecule has 0 unspecified atom stereocenters. The van der Waals surface area contributed by atoms with Gasteiger partial charge in [-0.05, 0) is 90.5 Å². The quantitative estimate of drug-likeness (QED) is 0.516. The van der Waals surface area contributed by atoms with Crippen molar-refractivity contribution < 1.29 is 22.1 Å². The van der Waals surface area contributed by atoms with Crippen LogP contribution < -0.4 is 9.47 Å². The molecule has 0 amide bonds. The molecule has 35 heavy (non-hydrogen) atoms. The van der Waals surface area contributed by atoms with E-state index in [2.05, 4.69) is 31.2 Å². The van der Waals surface area contributed by atoms with E-state index in [1.54, 1.807) is 7.11 Å². The smallest absolute Gasteiger partial charge is 0.338 e. The Balaban J connectivity index is 1.37. The van der Waals surface area contributed by atoms with Gasteiger partial charge in [-0.15, -0.1) is 0 Å². The van der Waals surface area contributed by atoms with E-state index >= 15 is 0 Å². The van der Waals surface area contributed by atoms with Gasteiger partial charge in [-0.3, -0.25) is 4.18 Å². The number of hydrogen-bond acceptors (Lipinski definition) is 5. The summed E-state index contributed by atoms with van der Waals surface area (Å²) in [6.07, 6.45) is 5.73. The van der Waals surface area contributed by atoms with Gasteiger partial charge in [-0.1, -0.05) is 37.3 Å². The van der Waals surface area contributed by atoms with E-state index < -0.39 is 10.3 Å². The largest absolute Gasteiger partial charge is 0.493 e. The lowest BCUT2D eigenvalue weighted by Gasteiger charge is -2.50. The van der Waals surface area contributed by atoms with Gasteiger partial charge in [0.05, 0.1) is 13.2 Å². The van der Waals surface area contributed by atoms with Crippen LogP contribution in [0.1, 0.15) is 61.6 Å². The summed E-state index contributed by atoms with van der Waals surface area (Å²) in [5.74, 6) is 3.07. The fraction of sp³-hybridized carbons (Fsp3) is 0.571. The standard InChI is InChI=1S/C28H37NO5S/c1-28-15-14-21-22(24(28)12-13-27(28)34-35(30,31)29(2)3)11-10-20-16-26(25(32-4)17-23(20)21)33-18-19-8-6-5-7-9-19/h5-9,16-17,21-22,24,27H,10-15,18H2,1-4H3/t21-,22+,24-,27-,28-/m0/s1. The summed E-state index contributed by atoms with van der Waals surface area (Å²) in [4.78, 5) is 0. The predicted molar refractivity (Wildman–Crippen MR) is 136 cm³/mol. The monoisotopic (exact) mass is 499 g/mol. The summed E-state index contributed by atoms with van der Waals surface area (Å²) in [6, 6.07) is 14.6. The van der Waals surface area contributed by atoms with Crippen molar-refractivity contribution in [3.63, 3.8) is 0 Å². The van der Waals surface area contributed by atoms with Crippen molar-refractivity contribution in [1.29, 1.82) is 0 Å². The molecule has 2 aromatic rings. The maximum atomic E-state index is 12.5. The number of ether oxygens (including phenoxy) is 2. The molecule has 0 radical (unpaired) electrons. The third kappa shape index (κ3) is 4.47. The van der Waals surface area contributed by atoms with Gasteiger partial charge in [0.15, 0.2) is 11.5 Å². The number of rotatable bonds is 7. The van der Waals surface area contributed by atoms with Gasteiger partial charge in [0.25, 0.3) is 0 Å². The van der Waals surface area contributed by atoms with Crippen LogP contribution in [0.15, 0.2) is 42.5 Å². The molecular formula is C28H37NO5S. The molecule has 0 aromatic heterocycles. The van der Waals surface area contributed by atoms with Crippen LogP contribution in [0, 0.1) is 17.3 Å². The van der Waals surface area contributed by atoms with Crippen LogP contribution in [0.5, 0.6) is 11.5 Å². The van der Waals surface area contributed by atoms with Crippen LogP contribution in [0.25, 0.3) is 0 Å². The molecular weight excluding hydrogens is 462 g/mol. The van der Waals surface area contributed by atoms with E-state index in [0.29, 0.717) is 24.4 Å². The zero-order valence-corrected chi connectivity index (χ0v) is 22.0. The molecule has 5 rings (SSSR count). The van der Waals surface area contributed by atoms with Crippen molar-refractivity contribution in [3.8, 4) is 11.5 Å². The first-order chi connectivity index (χ1) is 16.7. The predicted octanol–water partition coefficient (Wildman–Crippen LogP) is 5.32. The number of methoxy groups -OCH3 is 1. The lowest BCUT2D eigenvalue weighted by atomic mass is 9.55. The van der Waals surface area contributed by atoms with Gasteiger partial charge in [-0.2, -0.15) is 12.7 Å². The third-order valence-electron chi connectivity index (χ3n) is 8.84. The maximum Gasteiger partial charge on any atom is 0.338 e. The molecule has 5 atom stereocenters. The Labute approximate surface area is 209 Å². The normalized spacial score (nSPS) is 29.9. The molecule has 3 aliphatic carbocycles. The molecule has 0 N–H and O–H groups in total. The van der Waals surface area contributed by atoms with Gasteiger partial charge in [0.1, 0.15) is 6.61 Å². The Morgan fingerprint density at radius 2 is 1.80 bits per heavy atom. The number of aryl methyl sites for hydroxylation is 1. The Kier molecular flexibility index (Phi) is 6.62. The highest BCUT2D eigenvalue weighted by Crippen LogP contribution is 2.62. The molecule has 2 saturated carbocycles. The van der Waals surface area contributed by atoms with Gasteiger partial charge in [0.2, 0.25) is 0 Å². The molecule has 0 spiro atoms. The van der Waals surface area contributed by atoms with Crippen LogP contribution in [-0.4, -0.2) is 40.0 Å². The second-order valence-corrected chi connectivity index (χ2v) is 12.6. The van der Waals surface area contributed by atoms with Gasteiger partial charge in [0, 0.05) is 14.1 Å². The molecule has 0 saturated heterocycles. The fourth-order valence-corrected chi connectivity index (χ4v) is 7.71. The van der Waals surface area contributed by atoms with Gasteiger partial charge < -0.3 is 9.47 Å². The lowest BCUT2D eigenvalue weighted by molar-refractivity contribution is -0.0103. The Bertz CT molecular complexity index is 1170. The molecule has 3 aliphatic rings. The Hall–Kier alpha value is -2.09. The number of hydrogen-bond donors (Lipinski definition) is 0. The van der Waals surface area contributed by atoms with Crippen molar-refractivity contribution in [2.24, 2.45) is 17.3 Å². The van der Waals surface area contributed by atoms with Crippen molar-refractivity contribution in [2.75, 3.05) is 21.2 Å². The number of nitrogens with zero attached hydrogens (tertiary/aromatic N) is 1. The Morgan fingerprint density at radius 1 is 1.03 bits per heavy atom. The van der Waals surface area contributed by atoms with Crippen LogP contribution in [-0.2, 0) is 27.5 Å². The molecule has 0 heterocycles. The van der Waals surface area contributed by atoms with E-state index in [1.807, 2.05) is 18.2 Å². The average Bonchev–Trinajstić information content (AvgIpc) is 3.18. The van der Waals surface area contributed by atoms with Crippen LogP contribution >= 0.6 is 0 Å². The van der Waals surface area contributed by atoms with Gasteiger partial charge in [-0.25, -0.2) is 0 Å². The highest BCUT2D eigenvalue weighted by Gasteiger charge is 2.56. The molecule has 2 fully saturated rings. The molecule has 7 heteroatoms. The highest BCUT2D eigenvalue weighted by molar-refractivity contribution is 7.84. The van der Waals surface area contributed by atoms with Crippen molar-refractivity contribution in [1.82, 2.24) is 4.31 Å². The zero-order valence-electron chi connectivity index (χ0n) is 21.2. The van der Waals surface area contributed by atoms with Gasteiger partial charge >= 0.3 is 10.3 Å². The van der Waals surface area contributed by atoms with Crippen LogP contribution in [0.2, 0.25) is 0 Å². The third-order valence-corrected chi connectivity index (χ3v) is 10.2. The van der Waals surface area contributed by atoms with Crippen molar-refractivity contribution in [3.05, 3.63) is 59.2 Å². The number of benzene rings is 2. The SMILES string of the molecule is COc1cc2c(cc1OCc1ccccc1)CC[C@@H]1[C@@H]2CC[C@]2(C)[C@@H](OS(=O)(=O)N(C)C)CC[C@@H]12. The van der Waals surface area contributed by atoms with E-state index in [-0.39, 0.29) is 11.5 Å². The lowest BCUT2D eigenvalue weighted by Crippen LogP contribution is -2.46. The van der Waals surface area contributed by atoms with Crippen LogP contribution in [0.4, 0.5) is 0 Å². The summed E-state index contributed by atoms with van der Waals surface area (Å²) in [5, 5.41) is 0. The van der Waals surface area contributed by atoms with E-state index in [0.717, 1.165) is 55.6 Å². The van der Waals surface area contributed by atoms with Crippen LogP contribution in [0.3, 0.4) is 0 Å². The van der Waals surface area contributed by atoms with E-state index in [4.69, 9.17) is 13.7 Å². The summed E-state index contributed by atoms with van der Waals surface area (Å²) in [5.41, 5.74) is 3.77. The molecule has 0 bridgehead atoms. The highest BCUT2D eigenvalue weighted by atomic mass is 32.2. The molecule has 2 aromatic carbocycles. The molecule has 6 nitrogen and oxygen atoms in total. The first-order valence-electron chi connectivity index (χ1n) is 12.7. The van der Waals surface area contributed by atoms with E-state index in [1.165, 1.54) is 29.5 Å². The first-order valence-corrected chi connectivity index (χ1v) is 14.1. The maximum absolute atomic E-state index is 12.5. The van der Waals surface area contributed by atoms with E-state index in [9.17, 15) is 8.42 Å². The molecule has 0 aliphatic heterocycles. The minimum absolute atomic E-state index is 0.107. The minimum atomic E-state index is -3.68. The van der Waals surface area contributed by atoms with Crippen molar-refractivity contribution in [2.45, 2.75) is 64.1 Å². The zero-order chi connectivity index (χ0) is 24.8. The molecule has 190 valence electrons. The fourth-order valence-electron chi connectivity index (χ4n) is 6.93. The first kappa shape index (κ1) is 24.6. The second-order valence-electron chi connectivity index (χ2n) is 10.8. The number of fused-ring (bicyclic) bond motifs is 5. The topological polar surface area (TPSA) is 65.1 Å². The Morgan fingerprint density at radius 3 is 2.51 bits per heavy atom. The minimum Gasteiger partial charge on any atom is -0.493 e. The summed E-state index contributed by atoms with van der Waals surface area (Å²) < 4.78 is 43.8. The summed E-state index contributed by atoms with van der Waals surface area (Å²) in [6.45, 7) is 2.77. The summed E-state index contributed by atoms with van der Waals surface area (Å²) >= 11 is 0. The van der Waals surface area contributed by atoms with Crippen molar-refractivity contribution >= 4 is 10.3 Å². The summed E-state index contributed by atoms with van der Waals surface area (Å²) in [7, 11) is 1.09.